The standard InChI is InChI=1S/C38H58O15/c1-16(40)21-7-8-22-20-6-5-18-13-19(9-11-37(18,3)23(20)10-12-38(21,22)4)50-36-33(53-35-30(46)28(44)26(42)17(2)49-35)31(47)32(25(14-39)51-36)52-34-29(45)27(43)24(41)15-48-34/h5,7,17,19-20,22-36,39,41-47H,6,8-15H2,1-4H3/t17-,19-,20-,22-,23-,24+,25+,26-,27-,28+,29+,30+,31-,32+,33+,34-,35-,36+,37-,38+/m0/s1. The van der Waals surface area contributed by atoms with Gasteiger partial charge in [0.2, 0.25) is 0 Å². The second kappa shape index (κ2) is 15.2. The molecule has 3 aliphatic heterocycles. The molecule has 0 aromatic carbocycles. The molecule has 15 nitrogen and oxygen atoms in total. The van der Waals surface area contributed by atoms with Crippen molar-refractivity contribution in [3.05, 3.63) is 23.3 Å². The summed E-state index contributed by atoms with van der Waals surface area (Å²) >= 11 is 0. The van der Waals surface area contributed by atoms with E-state index >= 15 is 0 Å². The average molecular weight is 755 g/mol. The molecule has 15 heteroatoms. The first-order valence-corrected chi connectivity index (χ1v) is 19.3. The van der Waals surface area contributed by atoms with E-state index in [1.54, 1.807) is 6.92 Å². The molecule has 0 aromatic rings. The number of rotatable bonds is 8. The zero-order valence-electron chi connectivity index (χ0n) is 30.8. The minimum atomic E-state index is -1.71. The number of fused-ring (bicyclic) bond motifs is 5. The Morgan fingerprint density at radius 2 is 1.47 bits per heavy atom. The van der Waals surface area contributed by atoms with E-state index < -0.39 is 92.6 Å². The van der Waals surface area contributed by atoms with Crippen LogP contribution in [0.15, 0.2) is 23.3 Å². The number of aliphatic hydroxyl groups is 8. The van der Waals surface area contributed by atoms with Crippen molar-refractivity contribution in [1.29, 1.82) is 0 Å². The molecule has 8 N–H and O–H groups in total. The van der Waals surface area contributed by atoms with Crippen LogP contribution in [-0.4, -0.2) is 152 Å². The number of aliphatic hydroxyl groups excluding tert-OH is 8. The molecule has 0 bridgehead atoms. The van der Waals surface area contributed by atoms with Crippen molar-refractivity contribution in [2.45, 2.75) is 165 Å². The molecule has 0 unspecified atom stereocenters. The van der Waals surface area contributed by atoms with Crippen LogP contribution in [0, 0.1) is 28.6 Å². The van der Waals surface area contributed by atoms with Crippen LogP contribution >= 0.6 is 0 Å². The third kappa shape index (κ3) is 6.90. The van der Waals surface area contributed by atoms with Gasteiger partial charge in [-0.1, -0.05) is 31.6 Å². The molecular weight excluding hydrogens is 696 g/mol. The van der Waals surface area contributed by atoms with Gasteiger partial charge in [0.05, 0.1) is 25.4 Å². The number of hydrogen-bond acceptors (Lipinski definition) is 15. The van der Waals surface area contributed by atoms with Crippen LogP contribution < -0.4 is 0 Å². The van der Waals surface area contributed by atoms with E-state index in [1.165, 1.54) is 12.5 Å². The van der Waals surface area contributed by atoms with Gasteiger partial charge >= 0.3 is 0 Å². The molecule has 0 spiro atoms. The fraction of sp³-hybridized carbons (Fsp3) is 0.868. The maximum atomic E-state index is 12.5. The molecule has 3 saturated heterocycles. The van der Waals surface area contributed by atoms with Gasteiger partial charge in [-0.3, -0.25) is 4.79 Å². The highest BCUT2D eigenvalue weighted by Gasteiger charge is 2.58. The summed E-state index contributed by atoms with van der Waals surface area (Å²) < 4.78 is 35.9. The van der Waals surface area contributed by atoms with Crippen LogP contribution in [0.2, 0.25) is 0 Å². The third-order valence-electron chi connectivity index (χ3n) is 14.0. The van der Waals surface area contributed by atoms with E-state index in [0.717, 1.165) is 37.7 Å². The molecule has 53 heavy (non-hydrogen) atoms. The number of allylic oxidation sites excluding steroid dienone is 3. The smallest absolute Gasteiger partial charge is 0.187 e. The van der Waals surface area contributed by atoms with Crippen LogP contribution in [0.1, 0.15) is 72.6 Å². The van der Waals surface area contributed by atoms with E-state index in [0.29, 0.717) is 30.6 Å². The largest absolute Gasteiger partial charge is 0.394 e. The second-order valence-electron chi connectivity index (χ2n) is 17.0. The third-order valence-corrected chi connectivity index (χ3v) is 14.0. The highest BCUT2D eigenvalue weighted by atomic mass is 16.8. The van der Waals surface area contributed by atoms with Crippen molar-refractivity contribution < 1.29 is 74.1 Å². The van der Waals surface area contributed by atoms with E-state index in [2.05, 4.69) is 26.0 Å². The molecule has 0 radical (unpaired) electrons. The minimum absolute atomic E-state index is 0.0510. The van der Waals surface area contributed by atoms with Gasteiger partial charge in [-0.2, -0.15) is 0 Å². The van der Waals surface area contributed by atoms with Gasteiger partial charge in [-0.25, -0.2) is 0 Å². The maximum absolute atomic E-state index is 12.5. The van der Waals surface area contributed by atoms with Crippen molar-refractivity contribution in [1.82, 2.24) is 0 Å². The summed E-state index contributed by atoms with van der Waals surface area (Å²) in [5.41, 5.74) is 2.15. The van der Waals surface area contributed by atoms with Crippen molar-refractivity contribution in [2.24, 2.45) is 28.6 Å². The van der Waals surface area contributed by atoms with Crippen molar-refractivity contribution in [3.63, 3.8) is 0 Å². The summed E-state index contributed by atoms with van der Waals surface area (Å²) in [4.78, 5) is 12.5. The molecule has 20 atom stereocenters. The summed E-state index contributed by atoms with van der Waals surface area (Å²) in [6, 6.07) is 0. The number of carbonyl (C=O) groups is 1. The quantitative estimate of drug-likeness (QED) is 0.147. The first-order valence-electron chi connectivity index (χ1n) is 19.3. The SMILES string of the molecule is CC(=O)C1=CC[C@H]2[C@@H]3CC=C4C[C@@H](O[C@@H]5O[C@H](CO)[C@@H](O[C@@H]6OC[C@@H](O)[C@H](O)[C@H]6O)[C@H](O)[C@H]5O[C@@H]5O[C@@H](C)[C@H](O)[C@@H](O)[C@H]5O)CC[C@]4(C)[C@H]3CC[C@]12C. The van der Waals surface area contributed by atoms with E-state index in [4.69, 9.17) is 28.4 Å². The Kier molecular flexibility index (Phi) is 11.4. The average Bonchev–Trinajstić information content (AvgIpc) is 3.49. The number of Topliss-reactive ketones (excluding diaryl/α,β-unsaturated/α-hetero) is 1. The highest BCUT2D eigenvalue weighted by Crippen LogP contribution is 2.65. The number of ketones is 1. The molecule has 7 rings (SSSR count). The summed E-state index contributed by atoms with van der Waals surface area (Å²) in [7, 11) is 0. The summed E-state index contributed by atoms with van der Waals surface area (Å²) in [6.07, 6.45) is -10.3. The molecule has 0 aromatic heterocycles. The predicted octanol–water partition coefficient (Wildman–Crippen LogP) is -0.425. The lowest BCUT2D eigenvalue weighted by Crippen LogP contribution is -2.66. The first kappa shape index (κ1) is 39.8. The van der Waals surface area contributed by atoms with E-state index in [-0.39, 0.29) is 29.3 Å². The lowest BCUT2D eigenvalue weighted by molar-refractivity contribution is -0.385. The number of carbonyl (C=O) groups excluding carboxylic acids is 1. The monoisotopic (exact) mass is 754 g/mol. The number of hydrogen-bond donors (Lipinski definition) is 8. The normalized spacial score (nSPS) is 52.8. The van der Waals surface area contributed by atoms with Gasteiger partial charge in [0.1, 0.15) is 61.0 Å². The lowest BCUT2D eigenvalue weighted by Gasteiger charge is -2.58. The Morgan fingerprint density at radius 1 is 0.774 bits per heavy atom. The molecule has 300 valence electrons. The maximum Gasteiger partial charge on any atom is 0.187 e. The molecule has 7 aliphatic rings. The number of ether oxygens (including phenoxy) is 6. The second-order valence-corrected chi connectivity index (χ2v) is 17.0. The molecule has 5 fully saturated rings. The predicted molar refractivity (Wildman–Crippen MR) is 182 cm³/mol. The summed E-state index contributed by atoms with van der Waals surface area (Å²) in [6.45, 7) is 6.78. The summed E-state index contributed by atoms with van der Waals surface area (Å²) in [5, 5.41) is 84.5. The van der Waals surface area contributed by atoms with Gasteiger partial charge in [-0.05, 0) is 93.0 Å². The van der Waals surface area contributed by atoms with E-state index in [9.17, 15) is 45.6 Å². The van der Waals surface area contributed by atoms with Crippen molar-refractivity contribution in [3.8, 4) is 0 Å². The molecule has 0 amide bonds. The molecule has 4 aliphatic carbocycles. The molecule has 3 heterocycles. The van der Waals surface area contributed by atoms with Gasteiger partial charge in [0.25, 0.3) is 0 Å². The lowest BCUT2D eigenvalue weighted by atomic mass is 9.47. The topological polar surface area (TPSA) is 234 Å². The van der Waals surface area contributed by atoms with Crippen molar-refractivity contribution in [2.75, 3.05) is 13.2 Å². The van der Waals surface area contributed by atoms with Gasteiger partial charge < -0.3 is 69.3 Å². The van der Waals surface area contributed by atoms with Crippen LogP contribution in [0.25, 0.3) is 0 Å². The van der Waals surface area contributed by atoms with Crippen LogP contribution in [0.3, 0.4) is 0 Å². The first-order chi connectivity index (χ1) is 25.1. The van der Waals surface area contributed by atoms with Gasteiger partial charge in [-0.15, -0.1) is 0 Å². The zero-order valence-corrected chi connectivity index (χ0v) is 30.8. The molecular formula is C38H58O15. The van der Waals surface area contributed by atoms with Gasteiger partial charge in [0, 0.05) is 0 Å². The Hall–Kier alpha value is -1.41. The summed E-state index contributed by atoms with van der Waals surface area (Å²) in [5.74, 6) is 1.54. The molecule has 2 saturated carbocycles. The fourth-order valence-electron chi connectivity index (χ4n) is 10.8. The fourth-order valence-corrected chi connectivity index (χ4v) is 10.8. The Labute approximate surface area is 309 Å². The Balaban J connectivity index is 1.10. The Bertz CT molecular complexity index is 1410. The van der Waals surface area contributed by atoms with Crippen molar-refractivity contribution >= 4 is 5.78 Å². The van der Waals surface area contributed by atoms with Crippen LogP contribution in [-0.2, 0) is 33.2 Å². The van der Waals surface area contributed by atoms with Gasteiger partial charge in [0.15, 0.2) is 24.7 Å². The minimum Gasteiger partial charge on any atom is -0.394 e. The van der Waals surface area contributed by atoms with E-state index in [1.807, 2.05) is 0 Å². The van der Waals surface area contributed by atoms with Crippen LogP contribution in [0.5, 0.6) is 0 Å². The Morgan fingerprint density at radius 3 is 2.19 bits per heavy atom. The zero-order chi connectivity index (χ0) is 38.1. The van der Waals surface area contributed by atoms with Crippen LogP contribution in [0.4, 0.5) is 0 Å². The highest BCUT2D eigenvalue weighted by molar-refractivity contribution is 5.95.